The molecule has 0 spiro atoms. The van der Waals surface area contributed by atoms with Gasteiger partial charge in [-0.1, -0.05) is 18.2 Å². The zero-order valence-electron chi connectivity index (χ0n) is 17.4. The van der Waals surface area contributed by atoms with Gasteiger partial charge < -0.3 is 20.3 Å². The van der Waals surface area contributed by atoms with E-state index in [1.807, 2.05) is 18.2 Å². The van der Waals surface area contributed by atoms with Crippen molar-refractivity contribution in [3.05, 3.63) is 58.6 Å². The fraction of sp³-hybridized carbons (Fsp3) is 0.364. The van der Waals surface area contributed by atoms with Gasteiger partial charge in [0.2, 0.25) is 11.8 Å². The first-order valence-electron chi connectivity index (χ1n) is 10.2. The Morgan fingerprint density at radius 3 is 2.58 bits per heavy atom. The van der Waals surface area contributed by atoms with Crippen LogP contribution >= 0.6 is 0 Å². The number of methoxy groups -OCH3 is 1. The van der Waals surface area contributed by atoms with Crippen LogP contribution in [0.15, 0.2) is 48.5 Å². The molecule has 1 aliphatic heterocycles. The Morgan fingerprint density at radius 1 is 1.13 bits per heavy atom. The number of hydrogen-bond acceptors (Lipinski definition) is 6. The van der Waals surface area contributed by atoms with Crippen molar-refractivity contribution in [3.8, 4) is 5.75 Å². The first-order chi connectivity index (χ1) is 15.0. The molecule has 9 nitrogen and oxygen atoms in total. The van der Waals surface area contributed by atoms with Gasteiger partial charge in [0.25, 0.3) is 5.69 Å². The minimum Gasteiger partial charge on any atom is -0.495 e. The van der Waals surface area contributed by atoms with Crippen molar-refractivity contribution in [2.24, 2.45) is 5.92 Å². The summed E-state index contributed by atoms with van der Waals surface area (Å²) in [5.41, 5.74) is 1.01. The third-order valence-electron chi connectivity index (χ3n) is 5.32. The molecule has 0 radical (unpaired) electrons. The Balaban J connectivity index is 1.41. The van der Waals surface area contributed by atoms with Crippen LogP contribution in [0.3, 0.4) is 0 Å². The normalized spacial score (nSPS) is 14.6. The van der Waals surface area contributed by atoms with Crippen LogP contribution in [-0.4, -0.2) is 48.4 Å². The molecule has 0 unspecified atom stereocenters. The van der Waals surface area contributed by atoms with Crippen LogP contribution in [0.4, 0.5) is 17.1 Å². The highest BCUT2D eigenvalue weighted by molar-refractivity contribution is 5.94. The van der Waals surface area contributed by atoms with Gasteiger partial charge >= 0.3 is 0 Å². The summed E-state index contributed by atoms with van der Waals surface area (Å²) >= 11 is 0. The van der Waals surface area contributed by atoms with Gasteiger partial charge in [-0.2, -0.15) is 0 Å². The standard InChI is InChI=1S/C22H26N4O5/c1-31-20-8-3-2-7-19(20)24-22(28)16-9-12-25(13-10-16)14-11-21(27)23-17-5-4-6-18(15-17)26(29)30/h2-8,15-16H,9-14H2,1H3,(H,23,27)(H,24,28). The molecule has 1 saturated heterocycles. The van der Waals surface area contributed by atoms with E-state index in [0.29, 0.717) is 36.5 Å². The van der Waals surface area contributed by atoms with Crippen molar-refractivity contribution in [3.63, 3.8) is 0 Å². The lowest BCUT2D eigenvalue weighted by molar-refractivity contribution is -0.384. The molecular formula is C22H26N4O5. The van der Waals surface area contributed by atoms with E-state index in [0.717, 1.165) is 13.1 Å². The Labute approximate surface area is 180 Å². The van der Waals surface area contributed by atoms with E-state index in [1.165, 1.54) is 18.2 Å². The number of nitrogens with one attached hydrogen (secondary N) is 2. The lowest BCUT2D eigenvalue weighted by Gasteiger charge is -2.31. The second-order valence-electron chi connectivity index (χ2n) is 7.41. The van der Waals surface area contributed by atoms with Crippen molar-refractivity contribution in [2.45, 2.75) is 19.3 Å². The zero-order chi connectivity index (χ0) is 22.2. The van der Waals surface area contributed by atoms with Crippen molar-refractivity contribution in [1.82, 2.24) is 4.90 Å². The van der Waals surface area contributed by atoms with Gasteiger partial charge in [-0.15, -0.1) is 0 Å². The number of likely N-dealkylation sites (tertiary alicyclic amines) is 1. The number of anilines is 2. The summed E-state index contributed by atoms with van der Waals surface area (Å²) in [6.07, 6.45) is 1.71. The number of carbonyl (C=O) groups excluding carboxylic acids is 2. The number of hydrogen-bond donors (Lipinski definition) is 2. The number of nitro benzene ring substituents is 1. The summed E-state index contributed by atoms with van der Waals surface area (Å²) in [6.45, 7) is 2.03. The molecule has 2 aromatic rings. The second-order valence-corrected chi connectivity index (χ2v) is 7.41. The predicted octanol–water partition coefficient (Wildman–Crippen LogP) is 3.28. The monoisotopic (exact) mass is 426 g/mol. The van der Waals surface area contributed by atoms with Crippen molar-refractivity contribution in [1.29, 1.82) is 0 Å². The minimum atomic E-state index is -0.496. The Kier molecular flexibility index (Phi) is 7.55. The number of para-hydroxylation sites is 2. The van der Waals surface area contributed by atoms with Crippen LogP contribution < -0.4 is 15.4 Å². The van der Waals surface area contributed by atoms with Gasteiger partial charge in [-0.25, -0.2) is 0 Å². The molecule has 0 atom stereocenters. The van der Waals surface area contributed by atoms with E-state index in [2.05, 4.69) is 15.5 Å². The number of carbonyl (C=O) groups is 2. The van der Waals surface area contributed by atoms with Crippen LogP contribution in [-0.2, 0) is 9.59 Å². The molecule has 9 heteroatoms. The van der Waals surface area contributed by atoms with Gasteiger partial charge in [-0.05, 0) is 44.1 Å². The molecule has 164 valence electrons. The van der Waals surface area contributed by atoms with Crippen molar-refractivity contribution in [2.75, 3.05) is 37.4 Å². The number of amides is 2. The fourth-order valence-electron chi connectivity index (χ4n) is 3.58. The second kappa shape index (κ2) is 10.5. The zero-order valence-corrected chi connectivity index (χ0v) is 17.4. The van der Waals surface area contributed by atoms with E-state index in [-0.39, 0.29) is 29.8 Å². The number of ether oxygens (including phenoxy) is 1. The molecule has 2 N–H and O–H groups in total. The third-order valence-corrected chi connectivity index (χ3v) is 5.32. The topological polar surface area (TPSA) is 114 Å². The molecule has 1 heterocycles. The van der Waals surface area contributed by atoms with E-state index in [1.54, 1.807) is 19.2 Å². The van der Waals surface area contributed by atoms with E-state index >= 15 is 0 Å². The van der Waals surface area contributed by atoms with Gasteiger partial charge in [0.05, 0.1) is 17.7 Å². The molecule has 1 fully saturated rings. The average molecular weight is 426 g/mol. The maximum absolute atomic E-state index is 12.6. The Morgan fingerprint density at radius 2 is 1.87 bits per heavy atom. The maximum atomic E-state index is 12.6. The minimum absolute atomic E-state index is 0.0208. The van der Waals surface area contributed by atoms with Crippen molar-refractivity contribution < 1.29 is 19.2 Å². The highest BCUT2D eigenvalue weighted by atomic mass is 16.6. The maximum Gasteiger partial charge on any atom is 0.271 e. The van der Waals surface area contributed by atoms with E-state index in [4.69, 9.17) is 4.74 Å². The summed E-state index contributed by atoms with van der Waals surface area (Å²) in [7, 11) is 1.57. The lowest BCUT2D eigenvalue weighted by atomic mass is 9.95. The molecule has 0 bridgehead atoms. The molecule has 2 amide bonds. The fourth-order valence-corrected chi connectivity index (χ4v) is 3.58. The Bertz CT molecular complexity index is 941. The molecule has 0 aromatic heterocycles. The van der Waals surface area contributed by atoms with Crippen LogP contribution in [0.2, 0.25) is 0 Å². The van der Waals surface area contributed by atoms with Crippen molar-refractivity contribution >= 4 is 28.9 Å². The highest BCUT2D eigenvalue weighted by Gasteiger charge is 2.25. The number of nitro groups is 1. The molecule has 3 rings (SSSR count). The van der Waals surface area contributed by atoms with E-state index < -0.39 is 4.92 Å². The molecule has 0 saturated carbocycles. The summed E-state index contributed by atoms with van der Waals surface area (Å²) in [5.74, 6) is 0.326. The smallest absolute Gasteiger partial charge is 0.271 e. The van der Waals surface area contributed by atoms with Gasteiger partial charge in [0, 0.05) is 36.7 Å². The first-order valence-corrected chi connectivity index (χ1v) is 10.2. The SMILES string of the molecule is COc1ccccc1NC(=O)C1CCN(CCC(=O)Nc2cccc([N+](=O)[O-])c2)CC1. The molecule has 2 aromatic carbocycles. The summed E-state index contributed by atoms with van der Waals surface area (Å²) in [6, 6.07) is 13.2. The third kappa shape index (κ3) is 6.26. The summed E-state index contributed by atoms with van der Waals surface area (Å²) in [4.78, 5) is 37.3. The van der Waals surface area contributed by atoms with Crippen LogP contribution in [0, 0.1) is 16.0 Å². The molecule has 1 aliphatic rings. The van der Waals surface area contributed by atoms with Crippen LogP contribution in [0.5, 0.6) is 5.75 Å². The van der Waals surface area contributed by atoms with Crippen LogP contribution in [0.1, 0.15) is 19.3 Å². The van der Waals surface area contributed by atoms with Crippen LogP contribution in [0.25, 0.3) is 0 Å². The highest BCUT2D eigenvalue weighted by Crippen LogP contribution is 2.26. The first kappa shape index (κ1) is 22.2. The summed E-state index contributed by atoms with van der Waals surface area (Å²) in [5, 5.41) is 16.5. The summed E-state index contributed by atoms with van der Waals surface area (Å²) < 4.78 is 5.27. The molecular weight excluding hydrogens is 400 g/mol. The number of nitrogens with zero attached hydrogens (tertiary/aromatic N) is 2. The largest absolute Gasteiger partial charge is 0.495 e. The quantitative estimate of drug-likeness (QED) is 0.495. The lowest BCUT2D eigenvalue weighted by Crippen LogP contribution is -2.39. The van der Waals surface area contributed by atoms with Gasteiger partial charge in [0.15, 0.2) is 0 Å². The molecule has 31 heavy (non-hydrogen) atoms. The average Bonchev–Trinajstić information content (AvgIpc) is 2.78. The number of rotatable bonds is 8. The Hall–Kier alpha value is -3.46. The van der Waals surface area contributed by atoms with Gasteiger partial charge in [0.1, 0.15) is 5.75 Å². The van der Waals surface area contributed by atoms with Gasteiger partial charge in [-0.3, -0.25) is 19.7 Å². The number of piperidine rings is 1. The molecule has 0 aliphatic carbocycles. The predicted molar refractivity (Wildman–Crippen MR) is 117 cm³/mol. The van der Waals surface area contributed by atoms with E-state index in [9.17, 15) is 19.7 Å². The number of benzene rings is 2. The number of non-ortho nitro benzene ring substituents is 1.